The molecule has 0 bridgehead atoms. The zero-order chi connectivity index (χ0) is 10.8. The van der Waals surface area contributed by atoms with E-state index in [4.69, 9.17) is 0 Å². The lowest BCUT2D eigenvalue weighted by Gasteiger charge is -2.05. The van der Waals surface area contributed by atoms with Crippen molar-refractivity contribution in [3.63, 3.8) is 0 Å². The molecule has 0 spiro atoms. The van der Waals surface area contributed by atoms with Gasteiger partial charge in [-0.05, 0) is 80.6 Å². The maximum atomic E-state index is 3.60. The van der Waals surface area contributed by atoms with Crippen molar-refractivity contribution in [2.45, 2.75) is 0 Å². The Hall–Kier alpha value is 0.380. The summed E-state index contributed by atoms with van der Waals surface area (Å²) in [5, 5.41) is 0. The smallest absolute Gasteiger partial charge is 0.0264 e. The zero-order valence-corrected chi connectivity index (χ0v) is 13.6. The van der Waals surface area contributed by atoms with Gasteiger partial charge in [0.1, 0.15) is 0 Å². The second kappa shape index (κ2) is 5.14. The van der Waals surface area contributed by atoms with Crippen molar-refractivity contribution >= 4 is 61.1 Å². The fourth-order valence-corrected chi connectivity index (χ4v) is 3.24. The van der Waals surface area contributed by atoms with E-state index in [2.05, 4.69) is 104 Å². The van der Waals surface area contributed by atoms with Crippen molar-refractivity contribution in [3.8, 4) is 11.1 Å². The van der Waals surface area contributed by atoms with Crippen LogP contribution in [0.3, 0.4) is 0 Å². The molecular weight excluding hydrogens is 478 g/mol. The molecule has 0 heterocycles. The van der Waals surface area contributed by atoms with Gasteiger partial charge in [0, 0.05) is 11.6 Å². The summed E-state index contributed by atoms with van der Waals surface area (Å²) in [4.78, 5) is 0. The van der Waals surface area contributed by atoms with E-state index in [-0.39, 0.29) is 0 Å². The summed E-state index contributed by atoms with van der Waals surface area (Å²) >= 11 is 8.23. The third-order valence-corrected chi connectivity index (χ3v) is 4.13. The first-order chi connectivity index (χ1) is 7.16. The molecule has 0 aliphatic heterocycles. The molecule has 0 aromatic heterocycles. The summed E-state index contributed by atoms with van der Waals surface area (Å²) in [6.07, 6.45) is 0. The molecule has 76 valence electrons. The SMILES string of the molecule is Brc1cc(I)ccc1-c1ccc(I)cc1. The molecule has 0 nitrogen and oxygen atoms in total. The van der Waals surface area contributed by atoms with Gasteiger partial charge in [-0.1, -0.05) is 34.1 Å². The Bertz CT molecular complexity index is 477. The lowest BCUT2D eigenvalue weighted by atomic mass is 10.1. The average molecular weight is 485 g/mol. The molecule has 0 atom stereocenters. The molecule has 0 amide bonds. The Kier molecular flexibility index (Phi) is 4.06. The Morgan fingerprint density at radius 1 is 0.800 bits per heavy atom. The highest BCUT2D eigenvalue weighted by atomic mass is 127. The van der Waals surface area contributed by atoms with Crippen LogP contribution in [0.5, 0.6) is 0 Å². The summed E-state index contributed by atoms with van der Waals surface area (Å²) in [6.45, 7) is 0. The highest BCUT2D eigenvalue weighted by Gasteiger charge is 2.02. The first-order valence-electron chi connectivity index (χ1n) is 4.38. The second-order valence-corrected chi connectivity index (χ2v) is 6.48. The van der Waals surface area contributed by atoms with Crippen LogP contribution in [-0.2, 0) is 0 Å². The van der Waals surface area contributed by atoms with Crippen LogP contribution in [0, 0.1) is 7.14 Å². The van der Waals surface area contributed by atoms with Crippen LogP contribution in [0.25, 0.3) is 11.1 Å². The van der Waals surface area contributed by atoms with E-state index in [1.54, 1.807) is 0 Å². The van der Waals surface area contributed by atoms with Crippen molar-refractivity contribution < 1.29 is 0 Å². The standard InChI is InChI=1S/C12H7BrI2/c13-12-7-10(15)5-6-11(12)8-1-3-9(14)4-2-8/h1-7H. The number of hydrogen-bond donors (Lipinski definition) is 0. The quantitative estimate of drug-likeness (QED) is 0.480. The minimum Gasteiger partial charge on any atom is -0.0533 e. The third kappa shape index (κ3) is 2.94. The van der Waals surface area contributed by atoms with Crippen LogP contribution >= 0.6 is 61.1 Å². The summed E-state index contributed by atoms with van der Waals surface area (Å²) in [6, 6.07) is 14.9. The van der Waals surface area contributed by atoms with Crippen molar-refractivity contribution in [1.29, 1.82) is 0 Å². The van der Waals surface area contributed by atoms with Crippen LogP contribution in [0.4, 0.5) is 0 Å². The maximum absolute atomic E-state index is 3.60. The topological polar surface area (TPSA) is 0 Å². The van der Waals surface area contributed by atoms with Gasteiger partial charge in [-0.3, -0.25) is 0 Å². The van der Waals surface area contributed by atoms with Crippen LogP contribution in [0.15, 0.2) is 46.9 Å². The summed E-state index contributed by atoms with van der Waals surface area (Å²) in [5.74, 6) is 0. The Morgan fingerprint density at radius 2 is 1.40 bits per heavy atom. The molecule has 0 saturated heterocycles. The molecule has 0 unspecified atom stereocenters. The van der Waals surface area contributed by atoms with Crippen LogP contribution < -0.4 is 0 Å². The zero-order valence-electron chi connectivity index (χ0n) is 7.68. The van der Waals surface area contributed by atoms with Gasteiger partial charge in [0.25, 0.3) is 0 Å². The number of benzene rings is 2. The fraction of sp³-hybridized carbons (Fsp3) is 0. The summed E-state index contributed by atoms with van der Waals surface area (Å²) in [5.41, 5.74) is 2.49. The lowest BCUT2D eigenvalue weighted by molar-refractivity contribution is 1.54. The minimum atomic E-state index is 1.15. The van der Waals surface area contributed by atoms with Gasteiger partial charge >= 0.3 is 0 Å². The minimum absolute atomic E-state index is 1.15. The molecule has 3 heteroatoms. The van der Waals surface area contributed by atoms with Gasteiger partial charge < -0.3 is 0 Å². The molecule has 0 N–H and O–H groups in total. The highest BCUT2D eigenvalue weighted by molar-refractivity contribution is 14.1. The van der Waals surface area contributed by atoms with E-state index >= 15 is 0 Å². The van der Waals surface area contributed by atoms with E-state index in [1.165, 1.54) is 18.3 Å². The van der Waals surface area contributed by atoms with E-state index in [0.29, 0.717) is 0 Å². The average Bonchev–Trinajstić information content (AvgIpc) is 2.20. The molecule has 0 radical (unpaired) electrons. The predicted octanol–water partition coefficient (Wildman–Crippen LogP) is 5.33. The van der Waals surface area contributed by atoms with Gasteiger partial charge in [0.2, 0.25) is 0 Å². The summed E-state index contributed by atoms with van der Waals surface area (Å²) in [7, 11) is 0. The number of hydrogen-bond acceptors (Lipinski definition) is 0. The lowest BCUT2D eigenvalue weighted by Crippen LogP contribution is -1.81. The molecule has 2 aromatic carbocycles. The van der Waals surface area contributed by atoms with E-state index in [1.807, 2.05) is 0 Å². The van der Waals surface area contributed by atoms with Crippen molar-refractivity contribution in [1.82, 2.24) is 0 Å². The molecule has 15 heavy (non-hydrogen) atoms. The number of rotatable bonds is 1. The van der Waals surface area contributed by atoms with Gasteiger partial charge in [0.05, 0.1) is 0 Å². The van der Waals surface area contributed by atoms with Crippen LogP contribution in [-0.4, -0.2) is 0 Å². The monoisotopic (exact) mass is 484 g/mol. The Labute approximate surface area is 125 Å². The molecule has 2 rings (SSSR count). The van der Waals surface area contributed by atoms with Crippen LogP contribution in [0.2, 0.25) is 0 Å². The molecular formula is C12H7BrI2. The van der Waals surface area contributed by atoms with E-state index < -0.39 is 0 Å². The van der Waals surface area contributed by atoms with Crippen molar-refractivity contribution in [2.75, 3.05) is 0 Å². The summed E-state index contributed by atoms with van der Waals surface area (Å²) < 4.78 is 3.65. The van der Waals surface area contributed by atoms with E-state index in [0.717, 1.165) is 4.47 Å². The van der Waals surface area contributed by atoms with Crippen molar-refractivity contribution in [2.24, 2.45) is 0 Å². The normalized spacial score (nSPS) is 10.3. The highest BCUT2D eigenvalue weighted by Crippen LogP contribution is 2.29. The van der Waals surface area contributed by atoms with Crippen LogP contribution in [0.1, 0.15) is 0 Å². The Balaban J connectivity index is 2.49. The molecule has 0 aliphatic rings. The van der Waals surface area contributed by atoms with Gasteiger partial charge in [-0.25, -0.2) is 0 Å². The van der Waals surface area contributed by atoms with Gasteiger partial charge in [0.15, 0.2) is 0 Å². The van der Waals surface area contributed by atoms with Crippen molar-refractivity contribution in [3.05, 3.63) is 54.1 Å². The van der Waals surface area contributed by atoms with Gasteiger partial charge in [-0.15, -0.1) is 0 Å². The molecule has 0 saturated carbocycles. The first kappa shape index (κ1) is 11.9. The predicted molar refractivity (Wildman–Crippen MR) is 85.0 cm³/mol. The molecule has 2 aromatic rings. The molecule has 0 aliphatic carbocycles. The fourth-order valence-electron chi connectivity index (χ4n) is 1.35. The third-order valence-electron chi connectivity index (χ3n) is 2.09. The van der Waals surface area contributed by atoms with Gasteiger partial charge in [-0.2, -0.15) is 0 Å². The Morgan fingerprint density at radius 3 is 2.00 bits per heavy atom. The maximum Gasteiger partial charge on any atom is 0.0264 e. The van der Waals surface area contributed by atoms with E-state index in [9.17, 15) is 0 Å². The first-order valence-corrected chi connectivity index (χ1v) is 7.33. The largest absolute Gasteiger partial charge is 0.0533 e. The second-order valence-electron chi connectivity index (χ2n) is 3.13. The molecule has 0 fully saturated rings. The number of halogens is 3.